The lowest BCUT2D eigenvalue weighted by Crippen LogP contribution is -2.31. The van der Waals surface area contributed by atoms with E-state index in [2.05, 4.69) is 15.9 Å². The van der Waals surface area contributed by atoms with Gasteiger partial charge in [0.25, 0.3) is 0 Å². The second kappa shape index (κ2) is 5.00. The van der Waals surface area contributed by atoms with Crippen molar-refractivity contribution in [3.05, 3.63) is 63.9 Å². The van der Waals surface area contributed by atoms with Crippen molar-refractivity contribution in [2.24, 2.45) is 5.73 Å². The molecule has 1 amide bonds. The van der Waals surface area contributed by atoms with Crippen LogP contribution >= 0.6 is 15.9 Å². The zero-order chi connectivity index (χ0) is 14.3. The highest BCUT2D eigenvalue weighted by Crippen LogP contribution is 2.35. The van der Waals surface area contributed by atoms with Crippen LogP contribution in [0, 0.1) is 5.82 Å². The lowest BCUT2D eigenvalue weighted by atomic mass is 10.1. The van der Waals surface area contributed by atoms with Gasteiger partial charge in [-0.1, -0.05) is 24.3 Å². The maximum Gasteiger partial charge on any atom is 0.248 e. The van der Waals surface area contributed by atoms with Gasteiger partial charge in [0.2, 0.25) is 5.91 Å². The molecule has 1 heterocycles. The lowest BCUT2D eigenvalue weighted by molar-refractivity contribution is -0.119. The molecule has 0 radical (unpaired) electrons. The molecular weight excluding hydrogens is 323 g/mol. The maximum atomic E-state index is 13.2. The number of anilines is 1. The monoisotopic (exact) mass is 334 g/mol. The summed E-state index contributed by atoms with van der Waals surface area (Å²) in [5, 5.41) is 0. The highest BCUT2D eigenvalue weighted by atomic mass is 79.9. The molecule has 2 aromatic rings. The molecular formula is C15H12BrFN2O. The van der Waals surface area contributed by atoms with Crippen molar-refractivity contribution >= 4 is 27.5 Å². The molecule has 5 heteroatoms. The van der Waals surface area contributed by atoms with Crippen LogP contribution in [0.5, 0.6) is 0 Å². The molecule has 2 aromatic carbocycles. The third kappa shape index (κ3) is 2.13. The topological polar surface area (TPSA) is 46.3 Å². The number of halogens is 2. The van der Waals surface area contributed by atoms with Crippen LogP contribution < -0.4 is 10.6 Å². The predicted molar refractivity (Wildman–Crippen MR) is 78.7 cm³/mol. The molecule has 0 saturated carbocycles. The fraction of sp³-hybridized carbons (Fsp3) is 0.133. The molecule has 0 bridgehead atoms. The van der Waals surface area contributed by atoms with Gasteiger partial charge in [-0.05, 0) is 39.7 Å². The van der Waals surface area contributed by atoms with E-state index in [0.717, 1.165) is 16.8 Å². The number of rotatable bonds is 2. The number of fused-ring (bicyclic) bond motifs is 1. The van der Waals surface area contributed by atoms with Gasteiger partial charge >= 0.3 is 0 Å². The summed E-state index contributed by atoms with van der Waals surface area (Å²) in [5.74, 6) is -0.453. The first-order valence-electron chi connectivity index (χ1n) is 6.18. The minimum Gasteiger partial charge on any atom is -0.316 e. The number of carbonyl (C=O) groups is 1. The number of benzene rings is 2. The third-order valence-corrected chi connectivity index (χ3v) is 4.03. The molecule has 0 fully saturated rings. The standard InChI is InChI=1S/C15H12BrFN2O/c16-11-7-9(5-6-12(11)17)8-19-13-4-2-1-3-10(13)14(18)15(19)20/h1-7,14H,8,18H2. The zero-order valence-corrected chi connectivity index (χ0v) is 12.1. The van der Waals surface area contributed by atoms with E-state index in [9.17, 15) is 9.18 Å². The van der Waals surface area contributed by atoms with E-state index in [0.29, 0.717) is 11.0 Å². The predicted octanol–water partition coefficient (Wildman–Crippen LogP) is 3.13. The van der Waals surface area contributed by atoms with Crippen molar-refractivity contribution in [3.63, 3.8) is 0 Å². The average molecular weight is 335 g/mol. The molecule has 0 saturated heterocycles. The smallest absolute Gasteiger partial charge is 0.248 e. The molecule has 1 aliphatic rings. The molecule has 0 aromatic heterocycles. The Labute approximate surface area is 124 Å². The Morgan fingerprint density at radius 3 is 2.75 bits per heavy atom. The van der Waals surface area contributed by atoms with E-state index in [1.54, 1.807) is 17.0 Å². The van der Waals surface area contributed by atoms with E-state index < -0.39 is 6.04 Å². The number of carbonyl (C=O) groups excluding carboxylic acids is 1. The number of hydrogen-bond acceptors (Lipinski definition) is 2. The Balaban J connectivity index is 1.95. The fourth-order valence-electron chi connectivity index (χ4n) is 2.40. The van der Waals surface area contributed by atoms with E-state index >= 15 is 0 Å². The van der Waals surface area contributed by atoms with Gasteiger partial charge < -0.3 is 10.6 Å². The van der Waals surface area contributed by atoms with Crippen molar-refractivity contribution in [2.75, 3.05) is 4.90 Å². The van der Waals surface area contributed by atoms with Crippen LogP contribution in [0.3, 0.4) is 0 Å². The number of hydrogen-bond donors (Lipinski definition) is 1. The van der Waals surface area contributed by atoms with E-state index in [-0.39, 0.29) is 11.7 Å². The average Bonchev–Trinajstić information content (AvgIpc) is 2.69. The van der Waals surface area contributed by atoms with Gasteiger partial charge in [0.05, 0.1) is 11.0 Å². The van der Waals surface area contributed by atoms with Crippen LogP contribution in [0.25, 0.3) is 0 Å². The van der Waals surface area contributed by atoms with E-state index in [1.807, 2.05) is 24.3 Å². The van der Waals surface area contributed by atoms with Gasteiger partial charge in [0.15, 0.2) is 0 Å². The molecule has 102 valence electrons. The molecule has 0 aliphatic carbocycles. The summed E-state index contributed by atoms with van der Waals surface area (Å²) in [6.45, 7) is 0.377. The first-order chi connectivity index (χ1) is 9.58. The van der Waals surface area contributed by atoms with Crippen LogP contribution in [0.15, 0.2) is 46.9 Å². The summed E-state index contributed by atoms with van der Waals surface area (Å²) < 4.78 is 13.6. The first-order valence-corrected chi connectivity index (χ1v) is 6.97. The summed E-state index contributed by atoms with van der Waals surface area (Å²) in [6, 6.07) is 11.6. The van der Waals surface area contributed by atoms with Crippen LogP contribution in [0.2, 0.25) is 0 Å². The summed E-state index contributed by atoms with van der Waals surface area (Å²) in [5.41, 5.74) is 8.43. The second-order valence-electron chi connectivity index (χ2n) is 4.71. The first kappa shape index (κ1) is 13.3. The molecule has 1 atom stereocenters. The summed E-state index contributed by atoms with van der Waals surface area (Å²) in [7, 11) is 0. The third-order valence-electron chi connectivity index (χ3n) is 3.42. The van der Waals surface area contributed by atoms with Gasteiger partial charge in [-0.15, -0.1) is 0 Å². The van der Waals surface area contributed by atoms with Crippen molar-refractivity contribution in [2.45, 2.75) is 12.6 Å². The Hall–Kier alpha value is -1.72. The van der Waals surface area contributed by atoms with Crippen LogP contribution in [0.1, 0.15) is 17.2 Å². The zero-order valence-electron chi connectivity index (χ0n) is 10.5. The molecule has 2 N–H and O–H groups in total. The van der Waals surface area contributed by atoms with E-state index in [4.69, 9.17) is 5.73 Å². The minimum absolute atomic E-state index is 0.133. The fourth-order valence-corrected chi connectivity index (χ4v) is 2.83. The number of para-hydroxylation sites is 1. The highest BCUT2D eigenvalue weighted by Gasteiger charge is 2.34. The van der Waals surface area contributed by atoms with Crippen molar-refractivity contribution in [1.29, 1.82) is 0 Å². The highest BCUT2D eigenvalue weighted by molar-refractivity contribution is 9.10. The Morgan fingerprint density at radius 2 is 2.00 bits per heavy atom. The lowest BCUT2D eigenvalue weighted by Gasteiger charge is -2.18. The molecule has 1 aliphatic heterocycles. The quantitative estimate of drug-likeness (QED) is 0.917. The Kier molecular flexibility index (Phi) is 3.31. The van der Waals surface area contributed by atoms with Gasteiger partial charge in [0.1, 0.15) is 11.9 Å². The molecule has 1 unspecified atom stereocenters. The van der Waals surface area contributed by atoms with Crippen molar-refractivity contribution in [1.82, 2.24) is 0 Å². The molecule has 20 heavy (non-hydrogen) atoms. The second-order valence-corrected chi connectivity index (χ2v) is 5.56. The Morgan fingerprint density at radius 1 is 1.25 bits per heavy atom. The largest absolute Gasteiger partial charge is 0.316 e. The normalized spacial score (nSPS) is 17.4. The SMILES string of the molecule is NC1C(=O)N(Cc2ccc(F)c(Br)c2)c2ccccc21. The number of nitrogens with zero attached hydrogens (tertiary/aromatic N) is 1. The van der Waals surface area contributed by atoms with Gasteiger partial charge in [0, 0.05) is 11.3 Å². The minimum atomic E-state index is -0.616. The van der Waals surface area contributed by atoms with Crippen LogP contribution in [-0.4, -0.2) is 5.91 Å². The van der Waals surface area contributed by atoms with Gasteiger partial charge in [-0.3, -0.25) is 4.79 Å². The maximum absolute atomic E-state index is 13.2. The summed E-state index contributed by atoms with van der Waals surface area (Å²) in [6.07, 6.45) is 0. The van der Waals surface area contributed by atoms with Crippen molar-refractivity contribution < 1.29 is 9.18 Å². The molecule has 3 rings (SSSR count). The van der Waals surface area contributed by atoms with Gasteiger partial charge in [-0.2, -0.15) is 0 Å². The summed E-state index contributed by atoms with van der Waals surface area (Å²) in [4.78, 5) is 13.9. The molecule has 3 nitrogen and oxygen atoms in total. The summed E-state index contributed by atoms with van der Waals surface area (Å²) >= 11 is 3.15. The van der Waals surface area contributed by atoms with Gasteiger partial charge in [-0.25, -0.2) is 4.39 Å². The van der Waals surface area contributed by atoms with Crippen molar-refractivity contribution in [3.8, 4) is 0 Å². The molecule has 0 spiro atoms. The number of amides is 1. The van der Waals surface area contributed by atoms with Crippen LogP contribution in [-0.2, 0) is 11.3 Å². The Bertz CT molecular complexity index is 689. The van der Waals surface area contributed by atoms with Crippen LogP contribution in [0.4, 0.5) is 10.1 Å². The number of nitrogens with two attached hydrogens (primary N) is 1. The van der Waals surface area contributed by atoms with E-state index in [1.165, 1.54) is 6.07 Å².